The van der Waals surface area contributed by atoms with Gasteiger partial charge in [-0.2, -0.15) is 0 Å². The van der Waals surface area contributed by atoms with Crippen molar-refractivity contribution in [3.8, 4) is 11.1 Å². The number of thiophene rings is 1. The SMILES string of the molecule is C1=C(c2ccc(N(c3ccc4c(ccc5ccccc54)c3)c3ccccc3-c3ccccc3)cc2)CCc2sc3ccc4ccccc4c3c21. The molecular formula is C48H33NS. The Kier molecular flexibility index (Phi) is 6.89. The highest BCUT2D eigenvalue weighted by atomic mass is 32.1. The topological polar surface area (TPSA) is 3.24 Å². The average molecular weight is 656 g/mol. The largest absolute Gasteiger partial charge is 0.310 e. The van der Waals surface area contributed by atoms with Gasteiger partial charge in [-0.05, 0) is 110 Å². The predicted molar refractivity (Wildman–Crippen MR) is 217 cm³/mol. The second kappa shape index (κ2) is 11.9. The van der Waals surface area contributed by atoms with Crippen LogP contribution in [-0.2, 0) is 6.42 Å². The standard InChI is InChI=1S/C48H33NS/c1-2-10-33(11-3-1)42-15-8-9-17-45(42)49(39-26-27-41-37(30-39)19-18-34-12-4-6-14-40(34)41)38-24-20-32(21-25-38)36-23-28-46-44(31-36)48-43-16-7-5-13-35(43)22-29-47(48)50-46/h1-22,24-27,29-31H,23,28H2. The Labute approximate surface area is 296 Å². The van der Waals surface area contributed by atoms with Gasteiger partial charge in [-0.15, -0.1) is 11.3 Å². The Morgan fingerprint density at radius 1 is 0.460 bits per heavy atom. The third kappa shape index (κ3) is 4.83. The number of allylic oxidation sites excluding steroid dienone is 1. The minimum atomic E-state index is 1.05. The van der Waals surface area contributed by atoms with Crippen molar-refractivity contribution in [2.75, 3.05) is 4.90 Å². The van der Waals surface area contributed by atoms with Gasteiger partial charge < -0.3 is 4.90 Å². The lowest BCUT2D eigenvalue weighted by molar-refractivity contribution is 1.03. The minimum Gasteiger partial charge on any atom is -0.310 e. The molecule has 0 atom stereocenters. The number of hydrogen-bond acceptors (Lipinski definition) is 2. The first kappa shape index (κ1) is 29.0. The molecule has 1 aromatic heterocycles. The summed E-state index contributed by atoms with van der Waals surface area (Å²) in [6, 6.07) is 62.2. The zero-order valence-corrected chi connectivity index (χ0v) is 28.3. The van der Waals surface area contributed by atoms with Crippen LogP contribution in [0.3, 0.4) is 0 Å². The first-order valence-electron chi connectivity index (χ1n) is 17.4. The molecule has 1 aliphatic carbocycles. The molecule has 2 heteroatoms. The van der Waals surface area contributed by atoms with Crippen molar-refractivity contribution in [1.29, 1.82) is 0 Å². The van der Waals surface area contributed by atoms with Gasteiger partial charge in [0.05, 0.1) is 5.69 Å². The van der Waals surface area contributed by atoms with Gasteiger partial charge in [0, 0.05) is 31.9 Å². The average Bonchev–Trinajstić information content (AvgIpc) is 3.57. The van der Waals surface area contributed by atoms with Gasteiger partial charge >= 0.3 is 0 Å². The molecule has 0 spiro atoms. The smallest absolute Gasteiger partial charge is 0.0540 e. The lowest BCUT2D eigenvalue weighted by Crippen LogP contribution is -2.11. The van der Waals surface area contributed by atoms with E-state index in [1.54, 1.807) is 0 Å². The summed E-state index contributed by atoms with van der Waals surface area (Å²) in [6.07, 6.45) is 4.60. The number of aryl methyl sites for hydroxylation is 1. The predicted octanol–water partition coefficient (Wildman–Crippen LogP) is 14.0. The number of rotatable bonds is 5. The highest BCUT2D eigenvalue weighted by Gasteiger charge is 2.21. The van der Waals surface area contributed by atoms with Gasteiger partial charge in [0.15, 0.2) is 0 Å². The number of para-hydroxylation sites is 1. The molecule has 9 aromatic rings. The van der Waals surface area contributed by atoms with Crippen LogP contribution in [0, 0.1) is 0 Å². The highest BCUT2D eigenvalue weighted by Crippen LogP contribution is 2.45. The van der Waals surface area contributed by atoms with Crippen molar-refractivity contribution in [2.45, 2.75) is 12.8 Å². The number of hydrogen-bond donors (Lipinski definition) is 0. The molecule has 0 bridgehead atoms. The second-order valence-corrected chi connectivity index (χ2v) is 14.4. The van der Waals surface area contributed by atoms with E-state index in [4.69, 9.17) is 0 Å². The van der Waals surface area contributed by atoms with Gasteiger partial charge in [0.2, 0.25) is 0 Å². The highest BCUT2D eigenvalue weighted by molar-refractivity contribution is 7.19. The molecule has 0 fully saturated rings. The van der Waals surface area contributed by atoms with Gasteiger partial charge in [0.1, 0.15) is 0 Å². The molecule has 0 radical (unpaired) electrons. The fourth-order valence-corrected chi connectivity index (χ4v) is 9.12. The van der Waals surface area contributed by atoms with Crippen LogP contribution in [0.2, 0.25) is 0 Å². The van der Waals surface area contributed by atoms with Crippen molar-refractivity contribution in [3.63, 3.8) is 0 Å². The molecular weight excluding hydrogens is 623 g/mol. The van der Waals surface area contributed by atoms with Crippen LogP contribution in [0.4, 0.5) is 17.1 Å². The molecule has 10 rings (SSSR count). The van der Waals surface area contributed by atoms with Crippen molar-refractivity contribution < 1.29 is 0 Å². The number of benzene rings is 8. The number of fused-ring (bicyclic) bond motifs is 8. The van der Waals surface area contributed by atoms with E-state index in [2.05, 4.69) is 181 Å². The first-order chi connectivity index (χ1) is 24.8. The molecule has 0 amide bonds. The molecule has 0 unspecified atom stereocenters. The van der Waals surface area contributed by atoms with E-state index in [0.717, 1.165) is 29.9 Å². The van der Waals surface area contributed by atoms with Crippen LogP contribution in [-0.4, -0.2) is 0 Å². The lowest BCUT2D eigenvalue weighted by Gasteiger charge is -2.28. The molecule has 0 aliphatic heterocycles. The Morgan fingerprint density at radius 2 is 1.12 bits per heavy atom. The summed E-state index contributed by atoms with van der Waals surface area (Å²) >= 11 is 1.96. The van der Waals surface area contributed by atoms with Gasteiger partial charge in [-0.3, -0.25) is 0 Å². The van der Waals surface area contributed by atoms with Gasteiger partial charge in [-0.1, -0.05) is 133 Å². The normalized spacial score (nSPS) is 12.8. The van der Waals surface area contributed by atoms with Crippen LogP contribution in [0.15, 0.2) is 170 Å². The van der Waals surface area contributed by atoms with Gasteiger partial charge in [-0.25, -0.2) is 0 Å². The maximum atomic E-state index is 2.47. The maximum absolute atomic E-state index is 2.47. The fourth-order valence-electron chi connectivity index (χ4n) is 7.92. The third-order valence-corrected chi connectivity index (χ3v) is 11.6. The molecule has 0 N–H and O–H groups in total. The monoisotopic (exact) mass is 655 g/mol. The van der Waals surface area contributed by atoms with Crippen molar-refractivity contribution in [1.82, 2.24) is 0 Å². The Balaban J connectivity index is 1.10. The van der Waals surface area contributed by atoms with Crippen LogP contribution in [0.25, 0.3) is 65.2 Å². The number of anilines is 3. The summed E-state index contributed by atoms with van der Waals surface area (Å²) in [5.41, 5.74) is 9.96. The molecule has 1 aliphatic rings. The van der Waals surface area contributed by atoms with E-state index in [1.165, 1.54) is 75.1 Å². The molecule has 50 heavy (non-hydrogen) atoms. The summed E-state index contributed by atoms with van der Waals surface area (Å²) in [5.74, 6) is 0. The summed E-state index contributed by atoms with van der Waals surface area (Å²) in [6.45, 7) is 0. The molecule has 8 aromatic carbocycles. The van der Waals surface area contributed by atoms with E-state index in [1.807, 2.05) is 11.3 Å². The van der Waals surface area contributed by atoms with Crippen LogP contribution in [0.5, 0.6) is 0 Å². The van der Waals surface area contributed by atoms with Crippen LogP contribution < -0.4 is 4.90 Å². The Morgan fingerprint density at radius 3 is 1.98 bits per heavy atom. The van der Waals surface area contributed by atoms with Crippen LogP contribution >= 0.6 is 11.3 Å². The van der Waals surface area contributed by atoms with E-state index >= 15 is 0 Å². The summed E-state index contributed by atoms with van der Waals surface area (Å²) in [4.78, 5) is 3.93. The molecule has 0 saturated carbocycles. The molecule has 1 heterocycles. The van der Waals surface area contributed by atoms with E-state index in [-0.39, 0.29) is 0 Å². The maximum Gasteiger partial charge on any atom is 0.0540 e. The second-order valence-electron chi connectivity index (χ2n) is 13.2. The Hall–Kier alpha value is -5.96. The minimum absolute atomic E-state index is 1.05. The zero-order valence-electron chi connectivity index (χ0n) is 27.5. The van der Waals surface area contributed by atoms with E-state index in [0.29, 0.717) is 0 Å². The van der Waals surface area contributed by atoms with E-state index < -0.39 is 0 Å². The van der Waals surface area contributed by atoms with Gasteiger partial charge in [0.25, 0.3) is 0 Å². The molecule has 236 valence electrons. The third-order valence-electron chi connectivity index (χ3n) is 10.3. The van der Waals surface area contributed by atoms with E-state index in [9.17, 15) is 0 Å². The lowest BCUT2D eigenvalue weighted by atomic mass is 9.90. The zero-order chi connectivity index (χ0) is 33.0. The number of nitrogens with zero attached hydrogens (tertiary/aromatic N) is 1. The first-order valence-corrected chi connectivity index (χ1v) is 18.2. The summed E-state index contributed by atoms with van der Waals surface area (Å²) < 4.78 is 1.39. The molecule has 1 nitrogen and oxygen atoms in total. The summed E-state index contributed by atoms with van der Waals surface area (Å²) in [5, 5.41) is 9.13. The molecule has 0 saturated heterocycles. The quantitative estimate of drug-likeness (QED) is 0.167. The van der Waals surface area contributed by atoms with Crippen molar-refractivity contribution in [3.05, 3.63) is 186 Å². The summed E-state index contributed by atoms with van der Waals surface area (Å²) in [7, 11) is 0. The van der Waals surface area contributed by atoms with Crippen molar-refractivity contribution in [2.24, 2.45) is 0 Å². The fraction of sp³-hybridized carbons (Fsp3) is 0.0417. The Bertz CT molecular complexity index is 2750. The van der Waals surface area contributed by atoms with Crippen molar-refractivity contribution >= 4 is 82.5 Å². The van der Waals surface area contributed by atoms with Crippen LogP contribution in [0.1, 0.15) is 22.4 Å².